The first-order valence-corrected chi connectivity index (χ1v) is 9.97. The number of hydrogen-bond donors (Lipinski definition) is 2. The molecule has 6 nitrogen and oxygen atoms in total. The molecule has 2 aromatic rings. The molecule has 2 N–H and O–H groups in total. The van der Waals surface area contributed by atoms with E-state index in [1.807, 2.05) is 13.8 Å². The van der Waals surface area contributed by atoms with E-state index in [1.165, 1.54) is 12.1 Å². The molecular weight excluding hydrogens is 359 g/mol. The number of benzene rings is 1. The molecule has 0 bridgehead atoms. The number of carbonyl (C=O) groups excluding carboxylic acids is 1. The topological polar surface area (TPSA) is 69.9 Å². The number of hydrogen-bond acceptors (Lipinski definition) is 3. The third-order valence-electron chi connectivity index (χ3n) is 5.86. The number of amides is 1. The first kappa shape index (κ1) is 18.8. The van der Waals surface area contributed by atoms with E-state index < -0.39 is 0 Å². The first-order valence-electron chi connectivity index (χ1n) is 9.97. The molecule has 0 saturated carbocycles. The fraction of sp³-hybridized carbons (Fsp3) is 0.524. The van der Waals surface area contributed by atoms with Crippen molar-refractivity contribution in [3.63, 3.8) is 0 Å². The van der Waals surface area contributed by atoms with Gasteiger partial charge in [-0.1, -0.05) is 0 Å². The van der Waals surface area contributed by atoms with Gasteiger partial charge < -0.3 is 20.0 Å². The van der Waals surface area contributed by atoms with Crippen LogP contribution < -0.4 is 10.6 Å². The second kappa shape index (κ2) is 7.45. The van der Waals surface area contributed by atoms with E-state index in [4.69, 9.17) is 9.41 Å². The molecule has 1 aromatic carbocycles. The largest absolute Gasteiger partial charge is 0.459 e. The summed E-state index contributed by atoms with van der Waals surface area (Å²) in [5.74, 6) is 1.47. The number of piperidine rings is 1. The number of guanidine groups is 1. The lowest BCUT2D eigenvalue weighted by Crippen LogP contribution is -2.51. The minimum Gasteiger partial charge on any atom is -0.459 e. The highest BCUT2D eigenvalue weighted by Crippen LogP contribution is 2.36. The minimum atomic E-state index is -0.266. The molecule has 2 fully saturated rings. The Morgan fingerprint density at radius 3 is 3.07 bits per heavy atom. The molecule has 1 atom stereocenters. The predicted molar refractivity (Wildman–Crippen MR) is 107 cm³/mol. The molecule has 2 aliphatic rings. The number of furan rings is 1. The fourth-order valence-corrected chi connectivity index (χ4v) is 4.40. The monoisotopic (exact) mass is 386 g/mol. The summed E-state index contributed by atoms with van der Waals surface area (Å²) in [6, 6.07) is 4.58. The van der Waals surface area contributed by atoms with Crippen LogP contribution in [0.5, 0.6) is 0 Å². The van der Waals surface area contributed by atoms with Crippen molar-refractivity contribution in [2.75, 3.05) is 26.2 Å². The van der Waals surface area contributed by atoms with Crippen LogP contribution in [0.15, 0.2) is 27.6 Å². The molecule has 150 valence electrons. The molecule has 0 aliphatic carbocycles. The van der Waals surface area contributed by atoms with Crippen LogP contribution in [-0.2, 0) is 11.3 Å². The van der Waals surface area contributed by atoms with E-state index in [0.29, 0.717) is 18.5 Å². The predicted octanol–water partition coefficient (Wildman–Crippen LogP) is 2.95. The van der Waals surface area contributed by atoms with Crippen LogP contribution in [0.4, 0.5) is 4.39 Å². The van der Waals surface area contributed by atoms with Crippen molar-refractivity contribution < 1.29 is 13.6 Å². The molecule has 3 heterocycles. The lowest BCUT2D eigenvalue weighted by Gasteiger charge is -2.40. The van der Waals surface area contributed by atoms with Crippen LogP contribution in [0.25, 0.3) is 11.0 Å². The van der Waals surface area contributed by atoms with Crippen LogP contribution in [0.1, 0.15) is 37.5 Å². The fourth-order valence-electron chi connectivity index (χ4n) is 4.40. The van der Waals surface area contributed by atoms with Crippen LogP contribution in [0.3, 0.4) is 0 Å². The number of nitrogens with zero attached hydrogens (tertiary/aromatic N) is 2. The van der Waals surface area contributed by atoms with Gasteiger partial charge in [-0.15, -0.1) is 0 Å². The summed E-state index contributed by atoms with van der Waals surface area (Å²) >= 11 is 0. The summed E-state index contributed by atoms with van der Waals surface area (Å²) in [7, 11) is 0. The second-order valence-corrected chi connectivity index (χ2v) is 7.94. The van der Waals surface area contributed by atoms with Crippen LogP contribution in [0, 0.1) is 18.2 Å². The lowest BCUT2D eigenvalue weighted by atomic mass is 9.79. The van der Waals surface area contributed by atoms with E-state index in [-0.39, 0.29) is 17.1 Å². The van der Waals surface area contributed by atoms with Crippen molar-refractivity contribution in [3.05, 3.63) is 35.3 Å². The van der Waals surface area contributed by atoms with Crippen molar-refractivity contribution in [2.24, 2.45) is 10.4 Å². The number of fused-ring (bicyclic) bond motifs is 1. The smallest absolute Gasteiger partial charge is 0.220 e. The number of aliphatic imine (C=N–C) groups is 1. The lowest BCUT2D eigenvalue weighted by molar-refractivity contribution is -0.119. The Bertz CT molecular complexity index is 923. The Morgan fingerprint density at radius 2 is 2.32 bits per heavy atom. The van der Waals surface area contributed by atoms with Crippen molar-refractivity contribution in [1.82, 2.24) is 15.5 Å². The quantitative estimate of drug-likeness (QED) is 0.629. The van der Waals surface area contributed by atoms with Gasteiger partial charge in [0.2, 0.25) is 5.91 Å². The van der Waals surface area contributed by atoms with Gasteiger partial charge in [0.05, 0.1) is 0 Å². The molecular formula is C21H27FN4O2. The summed E-state index contributed by atoms with van der Waals surface area (Å²) in [4.78, 5) is 18.8. The summed E-state index contributed by atoms with van der Waals surface area (Å²) in [6.07, 6.45) is 2.70. The SMILES string of the molecule is CCNC(=NCc1oc2ccc(F)cc2c1C)N1CCCC2(CNC(=O)C2)C1. The van der Waals surface area contributed by atoms with Gasteiger partial charge >= 0.3 is 0 Å². The number of halogens is 1. The van der Waals surface area contributed by atoms with Crippen LogP contribution in [-0.4, -0.2) is 42.9 Å². The Hall–Kier alpha value is -2.57. The maximum Gasteiger partial charge on any atom is 0.220 e. The highest BCUT2D eigenvalue weighted by molar-refractivity contribution is 5.83. The highest BCUT2D eigenvalue weighted by atomic mass is 19.1. The average molecular weight is 386 g/mol. The summed E-state index contributed by atoms with van der Waals surface area (Å²) < 4.78 is 19.4. The van der Waals surface area contributed by atoms with Gasteiger partial charge in [0.25, 0.3) is 0 Å². The summed E-state index contributed by atoms with van der Waals surface area (Å²) in [5.41, 5.74) is 1.62. The molecule has 1 amide bonds. The molecule has 0 radical (unpaired) electrons. The average Bonchev–Trinajstić information content (AvgIpc) is 3.18. The normalized spacial score (nSPS) is 22.9. The Kier molecular flexibility index (Phi) is 5.00. The Balaban J connectivity index is 1.55. The van der Waals surface area contributed by atoms with Gasteiger partial charge in [-0.25, -0.2) is 9.38 Å². The number of aryl methyl sites for hydroxylation is 1. The minimum absolute atomic E-state index is 0.0122. The number of likely N-dealkylation sites (tertiary alicyclic amines) is 1. The second-order valence-electron chi connectivity index (χ2n) is 7.94. The molecule has 2 aliphatic heterocycles. The molecule has 4 rings (SSSR count). The standard InChI is InChI=1S/C21H27FN4O2/c1-3-23-20(26-8-4-7-21(13-26)10-19(27)25-12-21)24-11-18-14(2)16-9-15(22)5-6-17(16)28-18/h5-6,9H,3-4,7-8,10-13H2,1-2H3,(H,23,24)(H,25,27). The number of rotatable bonds is 3. The number of carbonyl (C=O) groups is 1. The van der Waals surface area contributed by atoms with Crippen molar-refractivity contribution in [1.29, 1.82) is 0 Å². The molecule has 7 heteroatoms. The van der Waals surface area contributed by atoms with Gasteiger partial charge in [0, 0.05) is 49.0 Å². The van der Waals surface area contributed by atoms with Gasteiger partial charge in [0.1, 0.15) is 23.7 Å². The molecule has 28 heavy (non-hydrogen) atoms. The zero-order chi connectivity index (χ0) is 19.7. The summed E-state index contributed by atoms with van der Waals surface area (Å²) in [5, 5.41) is 7.15. The maximum atomic E-state index is 13.5. The van der Waals surface area contributed by atoms with Gasteiger partial charge in [-0.2, -0.15) is 0 Å². The molecule has 1 unspecified atom stereocenters. The van der Waals surface area contributed by atoms with Gasteiger partial charge in [-0.05, 0) is 44.9 Å². The van der Waals surface area contributed by atoms with Gasteiger partial charge in [0.15, 0.2) is 5.96 Å². The van der Waals surface area contributed by atoms with E-state index >= 15 is 0 Å². The maximum absolute atomic E-state index is 13.5. The first-order chi connectivity index (χ1) is 13.5. The number of nitrogens with one attached hydrogen (secondary N) is 2. The van der Waals surface area contributed by atoms with Crippen molar-refractivity contribution >= 4 is 22.8 Å². The Morgan fingerprint density at radius 1 is 1.46 bits per heavy atom. The summed E-state index contributed by atoms with van der Waals surface area (Å²) in [6.45, 7) is 7.64. The molecule has 1 spiro atoms. The van der Waals surface area contributed by atoms with Gasteiger partial charge in [-0.3, -0.25) is 4.79 Å². The van der Waals surface area contributed by atoms with Crippen molar-refractivity contribution in [3.8, 4) is 0 Å². The molecule has 2 saturated heterocycles. The zero-order valence-corrected chi connectivity index (χ0v) is 16.5. The Labute approximate surface area is 164 Å². The van der Waals surface area contributed by atoms with Crippen LogP contribution >= 0.6 is 0 Å². The van der Waals surface area contributed by atoms with E-state index in [0.717, 1.165) is 61.7 Å². The third-order valence-corrected chi connectivity index (χ3v) is 5.86. The third kappa shape index (κ3) is 3.57. The molecule has 1 aromatic heterocycles. The van der Waals surface area contributed by atoms with E-state index in [2.05, 4.69) is 15.5 Å². The van der Waals surface area contributed by atoms with Crippen molar-refractivity contribution in [2.45, 2.75) is 39.7 Å². The highest BCUT2D eigenvalue weighted by Gasteiger charge is 2.42. The zero-order valence-electron chi connectivity index (χ0n) is 16.5. The van der Waals surface area contributed by atoms with Crippen LogP contribution in [0.2, 0.25) is 0 Å². The van der Waals surface area contributed by atoms with E-state index in [9.17, 15) is 9.18 Å². The van der Waals surface area contributed by atoms with E-state index in [1.54, 1.807) is 6.07 Å².